The summed E-state index contributed by atoms with van der Waals surface area (Å²) in [7, 11) is 3.98. The molecule has 0 radical (unpaired) electrons. The van der Waals surface area contributed by atoms with Crippen molar-refractivity contribution in [3.05, 3.63) is 34.4 Å². The molecule has 0 spiro atoms. The summed E-state index contributed by atoms with van der Waals surface area (Å²) in [5.74, 6) is 0.298. The summed E-state index contributed by atoms with van der Waals surface area (Å²) in [5, 5.41) is 13.3. The van der Waals surface area contributed by atoms with E-state index in [0.29, 0.717) is 12.3 Å². The lowest BCUT2D eigenvalue weighted by Crippen LogP contribution is -2.28. The zero-order valence-corrected chi connectivity index (χ0v) is 12.5. The van der Waals surface area contributed by atoms with Gasteiger partial charge in [-0.15, -0.1) is 11.8 Å². The number of benzene rings is 1. The maximum atomic E-state index is 11.6. The highest BCUT2D eigenvalue weighted by atomic mass is 32.2. The van der Waals surface area contributed by atoms with Crippen molar-refractivity contribution >= 4 is 23.4 Å². The largest absolute Gasteiger partial charge is 0.355 e. The molecule has 0 heterocycles. The Labute approximate surface area is 122 Å². The third-order valence-corrected chi connectivity index (χ3v) is 3.53. The lowest BCUT2D eigenvalue weighted by molar-refractivity contribution is -0.384. The Bertz CT molecular complexity index is 449. The average molecular weight is 297 g/mol. The Hall–Kier alpha value is -1.60. The number of hydrogen-bond acceptors (Lipinski definition) is 5. The molecule has 110 valence electrons. The average Bonchev–Trinajstić information content (AvgIpc) is 2.41. The number of thioether (sulfide) groups is 1. The zero-order valence-electron chi connectivity index (χ0n) is 11.7. The third kappa shape index (κ3) is 6.53. The Morgan fingerprint density at radius 1 is 1.35 bits per heavy atom. The SMILES string of the molecule is CN(C)CCCNC(=O)CSc1ccc([N+](=O)[O-])cc1. The van der Waals surface area contributed by atoms with Gasteiger partial charge in [0.15, 0.2) is 0 Å². The van der Waals surface area contributed by atoms with Gasteiger partial charge in [-0.25, -0.2) is 0 Å². The van der Waals surface area contributed by atoms with Crippen LogP contribution in [0, 0.1) is 10.1 Å². The molecule has 0 atom stereocenters. The van der Waals surface area contributed by atoms with Gasteiger partial charge in [0.05, 0.1) is 10.7 Å². The molecule has 0 saturated carbocycles. The monoisotopic (exact) mass is 297 g/mol. The number of amides is 1. The van der Waals surface area contributed by atoms with Crippen LogP contribution in [0.4, 0.5) is 5.69 Å². The van der Waals surface area contributed by atoms with Crippen LogP contribution >= 0.6 is 11.8 Å². The number of nitrogens with zero attached hydrogens (tertiary/aromatic N) is 2. The molecular weight excluding hydrogens is 278 g/mol. The summed E-state index contributed by atoms with van der Waals surface area (Å²) in [6, 6.07) is 6.19. The van der Waals surface area contributed by atoms with Crippen LogP contribution in [-0.2, 0) is 4.79 Å². The second-order valence-corrected chi connectivity index (χ2v) is 5.60. The van der Waals surface area contributed by atoms with Crippen LogP contribution in [-0.4, -0.2) is 48.7 Å². The summed E-state index contributed by atoms with van der Waals surface area (Å²) < 4.78 is 0. The summed E-state index contributed by atoms with van der Waals surface area (Å²) in [6.07, 6.45) is 0.918. The summed E-state index contributed by atoms with van der Waals surface area (Å²) in [4.78, 5) is 24.6. The van der Waals surface area contributed by atoms with Gasteiger partial charge in [-0.2, -0.15) is 0 Å². The van der Waals surface area contributed by atoms with Gasteiger partial charge >= 0.3 is 0 Å². The van der Waals surface area contributed by atoms with Crippen LogP contribution in [0.1, 0.15) is 6.42 Å². The number of nitro groups is 1. The minimum Gasteiger partial charge on any atom is -0.355 e. The smallest absolute Gasteiger partial charge is 0.269 e. The molecule has 7 heteroatoms. The van der Waals surface area contributed by atoms with Crippen LogP contribution in [0.2, 0.25) is 0 Å². The number of nitrogens with one attached hydrogen (secondary N) is 1. The Morgan fingerprint density at radius 3 is 2.55 bits per heavy atom. The van der Waals surface area contributed by atoms with E-state index in [9.17, 15) is 14.9 Å². The van der Waals surface area contributed by atoms with E-state index in [1.54, 1.807) is 12.1 Å². The topological polar surface area (TPSA) is 75.5 Å². The first-order valence-electron chi connectivity index (χ1n) is 6.27. The van der Waals surface area contributed by atoms with Crippen molar-refractivity contribution in [1.29, 1.82) is 0 Å². The van der Waals surface area contributed by atoms with Crippen molar-refractivity contribution in [3.8, 4) is 0 Å². The molecule has 1 N–H and O–H groups in total. The van der Waals surface area contributed by atoms with Crippen LogP contribution in [0.15, 0.2) is 29.2 Å². The van der Waals surface area contributed by atoms with Crippen molar-refractivity contribution in [2.24, 2.45) is 0 Å². The molecular formula is C13H19N3O3S. The molecule has 0 saturated heterocycles. The highest BCUT2D eigenvalue weighted by Gasteiger charge is 2.06. The van der Waals surface area contributed by atoms with E-state index in [1.807, 2.05) is 14.1 Å². The predicted octanol–water partition coefficient (Wildman–Crippen LogP) is 1.75. The molecule has 0 aliphatic rings. The van der Waals surface area contributed by atoms with E-state index in [0.717, 1.165) is 17.9 Å². The summed E-state index contributed by atoms with van der Waals surface area (Å²) >= 11 is 1.37. The van der Waals surface area contributed by atoms with Crippen molar-refractivity contribution < 1.29 is 9.72 Å². The maximum absolute atomic E-state index is 11.6. The maximum Gasteiger partial charge on any atom is 0.269 e. The lowest BCUT2D eigenvalue weighted by atomic mass is 10.3. The number of carbonyl (C=O) groups is 1. The van der Waals surface area contributed by atoms with E-state index >= 15 is 0 Å². The van der Waals surface area contributed by atoms with Crippen molar-refractivity contribution in [3.63, 3.8) is 0 Å². The van der Waals surface area contributed by atoms with Crippen LogP contribution in [0.5, 0.6) is 0 Å². The van der Waals surface area contributed by atoms with E-state index < -0.39 is 4.92 Å². The molecule has 1 aromatic carbocycles. The van der Waals surface area contributed by atoms with Crippen LogP contribution in [0.25, 0.3) is 0 Å². The van der Waals surface area contributed by atoms with Crippen molar-refractivity contribution in [2.75, 3.05) is 32.9 Å². The molecule has 0 bridgehead atoms. The van der Waals surface area contributed by atoms with Gasteiger partial charge in [-0.1, -0.05) is 0 Å². The van der Waals surface area contributed by atoms with Crippen LogP contribution < -0.4 is 5.32 Å². The quantitative estimate of drug-likeness (QED) is 0.342. The van der Waals surface area contributed by atoms with Gasteiger partial charge in [0, 0.05) is 23.6 Å². The number of rotatable bonds is 8. The minimum atomic E-state index is -0.439. The Kier molecular flexibility index (Phi) is 7.03. The number of nitro benzene ring substituents is 1. The first kappa shape index (κ1) is 16.5. The number of hydrogen-bond donors (Lipinski definition) is 1. The molecule has 1 aromatic rings. The van der Waals surface area contributed by atoms with Crippen molar-refractivity contribution in [2.45, 2.75) is 11.3 Å². The molecule has 20 heavy (non-hydrogen) atoms. The van der Waals surface area contributed by atoms with E-state index in [2.05, 4.69) is 10.2 Å². The Balaban J connectivity index is 2.25. The summed E-state index contributed by atoms with van der Waals surface area (Å²) in [5.41, 5.74) is 0.0579. The predicted molar refractivity (Wildman–Crippen MR) is 80.0 cm³/mol. The van der Waals surface area contributed by atoms with Gasteiger partial charge < -0.3 is 10.2 Å². The Morgan fingerprint density at radius 2 is 2.00 bits per heavy atom. The van der Waals surface area contributed by atoms with Crippen LogP contribution in [0.3, 0.4) is 0 Å². The molecule has 0 aliphatic heterocycles. The van der Waals surface area contributed by atoms with Gasteiger partial charge in [0.1, 0.15) is 0 Å². The fourth-order valence-corrected chi connectivity index (χ4v) is 2.22. The molecule has 0 aliphatic carbocycles. The molecule has 1 rings (SSSR count). The van der Waals surface area contributed by atoms with Gasteiger partial charge in [0.2, 0.25) is 5.91 Å². The van der Waals surface area contributed by atoms with Gasteiger partial charge in [0.25, 0.3) is 5.69 Å². The first-order valence-corrected chi connectivity index (χ1v) is 7.26. The normalized spacial score (nSPS) is 10.6. The summed E-state index contributed by atoms with van der Waals surface area (Å²) in [6.45, 7) is 1.60. The van der Waals surface area contributed by atoms with E-state index in [-0.39, 0.29) is 11.6 Å². The highest BCUT2D eigenvalue weighted by molar-refractivity contribution is 8.00. The second kappa shape index (κ2) is 8.55. The minimum absolute atomic E-state index is 0.0212. The molecule has 1 amide bonds. The molecule has 0 unspecified atom stereocenters. The van der Waals surface area contributed by atoms with Crippen molar-refractivity contribution in [1.82, 2.24) is 10.2 Å². The molecule has 0 aromatic heterocycles. The van der Waals surface area contributed by atoms with E-state index in [1.165, 1.54) is 23.9 Å². The number of carbonyl (C=O) groups excluding carboxylic acids is 1. The zero-order chi connectivity index (χ0) is 15.0. The lowest BCUT2D eigenvalue weighted by Gasteiger charge is -2.09. The third-order valence-electron chi connectivity index (χ3n) is 2.52. The number of non-ortho nitro benzene ring substituents is 1. The highest BCUT2D eigenvalue weighted by Crippen LogP contribution is 2.20. The van der Waals surface area contributed by atoms with Gasteiger partial charge in [-0.3, -0.25) is 14.9 Å². The fraction of sp³-hybridized carbons (Fsp3) is 0.462. The molecule has 6 nitrogen and oxygen atoms in total. The molecule has 0 fully saturated rings. The first-order chi connectivity index (χ1) is 9.49. The standard InChI is InChI=1S/C13H19N3O3S/c1-15(2)9-3-8-14-13(17)10-20-12-6-4-11(5-7-12)16(18)19/h4-7H,3,8-10H2,1-2H3,(H,14,17). The fourth-order valence-electron chi connectivity index (χ4n) is 1.49. The second-order valence-electron chi connectivity index (χ2n) is 4.55. The van der Waals surface area contributed by atoms with E-state index in [4.69, 9.17) is 0 Å². The van der Waals surface area contributed by atoms with Gasteiger partial charge in [-0.05, 0) is 39.2 Å².